The van der Waals surface area contributed by atoms with Gasteiger partial charge in [-0.05, 0) is 55.1 Å². The molecule has 1 unspecified atom stereocenters. The summed E-state index contributed by atoms with van der Waals surface area (Å²) in [5.74, 6) is 1.02. The Kier molecular flexibility index (Phi) is 4.48. The molecule has 1 aliphatic rings. The van der Waals surface area contributed by atoms with Crippen molar-refractivity contribution in [2.24, 2.45) is 0 Å². The Hall–Kier alpha value is -1.92. The lowest BCUT2D eigenvalue weighted by Crippen LogP contribution is -2.39. The van der Waals surface area contributed by atoms with Gasteiger partial charge in [-0.3, -0.25) is 4.79 Å². The normalized spacial score (nSPS) is 16.9. The molecule has 4 rings (SSSR count). The molecule has 130 valence electrons. The van der Waals surface area contributed by atoms with Crippen LogP contribution in [0.15, 0.2) is 33.5 Å². The van der Waals surface area contributed by atoms with Crippen LogP contribution < -0.4 is 0 Å². The van der Waals surface area contributed by atoms with E-state index in [9.17, 15) is 4.79 Å². The molecule has 0 saturated carbocycles. The average molecular weight is 373 g/mol. The van der Waals surface area contributed by atoms with E-state index in [1.54, 1.807) is 22.7 Å². The second-order valence-corrected chi connectivity index (χ2v) is 8.34. The zero-order valence-electron chi connectivity index (χ0n) is 14.3. The standard InChI is InChI=1S/C19H20N2O2S2/c1-12-14(13(2)23-20-12)5-6-18(22)21-9-7-16-15(8-11-25-16)19(21)17-4-3-10-24-17/h3-4,8,10-11,19H,5-7,9H2,1-2H3. The van der Waals surface area contributed by atoms with Crippen molar-refractivity contribution in [2.45, 2.75) is 39.2 Å². The van der Waals surface area contributed by atoms with Crippen LogP contribution in [0.4, 0.5) is 0 Å². The van der Waals surface area contributed by atoms with Gasteiger partial charge >= 0.3 is 0 Å². The predicted octanol–water partition coefficient (Wildman–Crippen LogP) is 4.52. The quantitative estimate of drug-likeness (QED) is 0.676. The molecule has 0 aromatic carbocycles. The van der Waals surface area contributed by atoms with E-state index in [4.69, 9.17) is 4.52 Å². The number of carbonyl (C=O) groups excluding carboxylic acids is 1. The number of thiophene rings is 2. The van der Waals surface area contributed by atoms with Crippen molar-refractivity contribution in [1.82, 2.24) is 10.1 Å². The second-order valence-electron chi connectivity index (χ2n) is 6.36. The van der Waals surface area contributed by atoms with Crippen molar-refractivity contribution in [1.29, 1.82) is 0 Å². The van der Waals surface area contributed by atoms with Crippen LogP contribution in [-0.4, -0.2) is 22.5 Å². The topological polar surface area (TPSA) is 46.3 Å². The van der Waals surface area contributed by atoms with Gasteiger partial charge in [0.05, 0.1) is 11.7 Å². The molecule has 3 aromatic rings. The van der Waals surface area contributed by atoms with E-state index in [-0.39, 0.29) is 11.9 Å². The molecule has 0 fully saturated rings. The van der Waals surface area contributed by atoms with E-state index >= 15 is 0 Å². The van der Waals surface area contributed by atoms with E-state index in [0.29, 0.717) is 12.8 Å². The van der Waals surface area contributed by atoms with Gasteiger partial charge in [-0.1, -0.05) is 11.2 Å². The molecule has 0 radical (unpaired) electrons. The third kappa shape index (κ3) is 3.04. The lowest BCUT2D eigenvalue weighted by Gasteiger charge is -2.35. The van der Waals surface area contributed by atoms with Crippen LogP contribution in [0.5, 0.6) is 0 Å². The number of fused-ring (bicyclic) bond motifs is 1. The first-order chi connectivity index (χ1) is 12.1. The Balaban J connectivity index is 1.57. The molecule has 0 saturated heterocycles. The first kappa shape index (κ1) is 16.5. The summed E-state index contributed by atoms with van der Waals surface area (Å²) in [4.78, 5) is 17.7. The minimum Gasteiger partial charge on any atom is -0.361 e. The lowest BCUT2D eigenvalue weighted by atomic mass is 9.97. The van der Waals surface area contributed by atoms with Crippen LogP contribution in [0.3, 0.4) is 0 Å². The van der Waals surface area contributed by atoms with Gasteiger partial charge in [0.15, 0.2) is 0 Å². The molecule has 25 heavy (non-hydrogen) atoms. The number of carbonyl (C=O) groups is 1. The molecule has 1 atom stereocenters. The Morgan fingerprint density at radius 3 is 2.92 bits per heavy atom. The van der Waals surface area contributed by atoms with Crippen LogP contribution in [0.25, 0.3) is 0 Å². The number of hydrogen-bond acceptors (Lipinski definition) is 5. The van der Waals surface area contributed by atoms with Crippen molar-refractivity contribution in [2.75, 3.05) is 6.54 Å². The number of nitrogens with zero attached hydrogens (tertiary/aromatic N) is 2. The van der Waals surface area contributed by atoms with Crippen molar-refractivity contribution < 1.29 is 9.32 Å². The van der Waals surface area contributed by atoms with Gasteiger partial charge < -0.3 is 9.42 Å². The zero-order valence-corrected chi connectivity index (χ0v) is 16.0. The first-order valence-electron chi connectivity index (χ1n) is 8.46. The fourth-order valence-electron chi connectivity index (χ4n) is 3.57. The van der Waals surface area contributed by atoms with Crippen molar-refractivity contribution >= 4 is 28.6 Å². The maximum Gasteiger partial charge on any atom is 0.223 e. The highest BCUT2D eigenvalue weighted by Crippen LogP contribution is 2.39. The zero-order chi connectivity index (χ0) is 17.4. The van der Waals surface area contributed by atoms with Crippen molar-refractivity contribution in [3.05, 3.63) is 61.3 Å². The maximum absolute atomic E-state index is 13.0. The van der Waals surface area contributed by atoms with E-state index in [0.717, 1.165) is 30.0 Å². The van der Waals surface area contributed by atoms with Crippen molar-refractivity contribution in [3.63, 3.8) is 0 Å². The number of aryl methyl sites for hydroxylation is 2. The van der Waals surface area contributed by atoms with E-state index < -0.39 is 0 Å². The molecule has 0 N–H and O–H groups in total. The number of amides is 1. The summed E-state index contributed by atoms with van der Waals surface area (Å²) in [5, 5.41) is 8.22. The van der Waals surface area contributed by atoms with Crippen molar-refractivity contribution in [3.8, 4) is 0 Å². The minimum absolute atomic E-state index is 0.0622. The highest BCUT2D eigenvalue weighted by Gasteiger charge is 2.33. The van der Waals surface area contributed by atoms with E-state index in [2.05, 4.69) is 39.0 Å². The molecule has 6 heteroatoms. The monoisotopic (exact) mass is 372 g/mol. The van der Waals surface area contributed by atoms with Crippen LogP contribution >= 0.6 is 22.7 Å². The van der Waals surface area contributed by atoms with Gasteiger partial charge in [0, 0.05) is 28.3 Å². The van der Waals surface area contributed by atoms with Crippen LogP contribution in [-0.2, 0) is 17.6 Å². The molecule has 4 heterocycles. The maximum atomic E-state index is 13.0. The molecule has 0 aliphatic carbocycles. The molecule has 1 amide bonds. The third-order valence-electron chi connectivity index (χ3n) is 4.87. The van der Waals surface area contributed by atoms with Crippen LogP contribution in [0.2, 0.25) is 0 Å². The molecule has 1 aliphatic heterocycles. The Morgan fingerprint density at radius 2 is 2.20 bits per heavy atom. The fourth-order valence-corrected chi connectivity index (χ4v) is 5.33. The molecular weight excluding hydrogens is 352 g/mol. The number of rotatable bonds is 4. The predicted molar refractivity (Wildman–Crippen MR) is 100 cm³/mol. The Morgan fingerprint density at radius 1 is 1.32 bits per heavy atom. The number of aromatic nitrogens is 1. The summed E-state index contributed by atoms with van der Waals surface area (Å²) in [6.45, 7) is 4.63. The van der Waals surface area contributed by atoms with Gasteiger partial charge in [-0.15, -0.1) is 22.7 Å². The van der Waals surface area contributed by atoms with Crippen LogP contribution in [0, 0.1) is 13.8 Å². The first-order valence-corrected chi connectivity index (χ1v) is 10.2. The molecule has 0 spiro atoms. The molecule has 0 bridgehead atoms. The third-order valence-corrected chi connectivity index (χ3v) is 6.79. The summed E-state index contributed by atoms with van der Waals surface area (Å²) in [6, 6.07) is 6.44. The fraction of sp³-hybridized carbons (Fsp3) is 0.368. The highest BCUT2D eigenvalue weighted by atomic mass is 32.1. The molecular formula is C19H20N2O2S2. The van der Waals surface area contributed by atoms with E-state index in [1.807, 2.05) is 13.8 Å². The summed E-state index contributed by atoms with van der Waals surface area (Å²) in [6.07, 6.45) is 2.13. The van der Waals surface area contributed by atoms with Gasteiger partial charge in [0.2, 0.25) is 5.91 Å². The largest absolute Gasteiger partial charge is 0.361 e. The minimum atomic E-state index is 0.0622. The highest BCUT2D eigenvalue weighted by molar-refractivity contribution is 7.10. The van der Waals surface area contributed by atoms with E-state index in [1.165, 1.54) is 15.3 Å². The van der Waals surface area contributed by atoms with Crippen LogP contribution in [0.1, 0.15) is 44.8 Å². The second kappa shape index (κ2) is 6.77. The van der Waals surface area contributed by atoms with Gasteiger partial charge in [-0.25, -0.2) is 0 Å². The van der Waals surface area contributed by atoms with Gasteiger partial charge in [0.25, 0.3) is 0 Å². The molecule has 3 aromatic heterocycles. The summed E-state index contributed by atoms with van der Waals surface area (Å²) < 4.78 is 5.22. The smallest absolute Gasteiger partial charge is 0.223 e. The SMILES string of the molecule is Cc1noc(C)c1CCC(=O)N1CCc2sccc2C1c1cccs1. The summed E-state index contributed by atoms with van der Waals surface area (Å²) in [7, 11) is 0. The summed E-state index contributed by atoms with van der Waals surface area (Å²) >= 11 is 3.53. The van der Waals surface area contributed by atoms with Gasteiger partial charge in [0.1, 0.15) is 5.76 Å². The summed E-state index contributed by atoms with van der Waals surface area (Å²) in [5.41, 5.74) is 3.25. The lowest BCUT2D eigenvalue weighted by molar-refractivity contribution is -0.133. The molecule has 4 nitrogen and oxygen atoms in total. The van der Waals surface area contributed by atoms with Gasteiger partial charge in [-0.2, -0.15) is 0 Å². The Bertz CT molecular complexity index is 860. The number of hydrogen-bond donors (Lipinski definition) is 0. The average Bonchev–Trinajstić information content (AvgIpc) is 3.34. The Labute approximate surface area is 155 Å².